The molecular weight excluding hydrogens is 296 g/mol. The molecule has 6 heteroatoms. The van der Waals surface area contributed by atoms with E-state index in [0.29, 0.717) is 0 Å². The van der Waals surface area contributed by atoms with Gasteiger partial charge in [-0.3, -0.25) is 0 Å². The van der Waals surface area contributed by atoms with Crippen molar-refractivity contribution in [3.8, 4) is 0 Å². The first-order chi connectivity index (χ1) is 8.79. The van der Waals surface area contributed by atoms with Gasteiger partial charge in [-0.15, -0.1) is 0 Å². The lowest BCUT2D eigenvalue weighted by atomic mass is 10.4. The van der Waals surface area contributed by atoms with Gasteiger partial charge in [0, 0.05) is 26.3 Å². The number of hydrogen-bond donors (Lipinski definition) is 2. The third kappa shape index (κ3) is 5.18. The maximum Gasteiger partial charge on any atom is 0.145 e. The van der Waals surface area contributed by atoms with Crippen molar-refractivity contribution in [3.63, 3.8) is 0 Å². The highest BCUT2D eigenvalue weighted by Crippen LogP contribution is 2.26. The quantitative estimate of drug-likeness (QED) is 0.686. The maximum atomic E-state index is 5.42. The lowest BCUT2D eigenvalue weighted by Crippen LogP contribution is -2.09. The molecule has 0 amide bonds. The molecule has 0 aliphatic rings. The molecule has 102 valence electrons. The smallest absolute Gasteiger partial charge is 0.145 e. The topological polar surface area (TPSA) is 59.1 Å². The van der Waals surface area contributed by atoms with Gasteiger partial charge in [0.15, 0.2) is 0 Å². The van der Waals surface area contributed by atoms with Gasteiger partial charge in [-0.2, -0.15) is 0 Å². The Balaban J connectivity index is 2.35. The summed E-state index contributed by atoms with van der Waals surface area (Å²) in [4.78, 5) is 8.37. The number of ether oxygens (including phenoxy) is 1. The van der Waals surface area contributed by atoms with Crippen LogP contribution in [0.2, 0.25) is 0 Å². The van der Waals surface area contributed by atoms with E-state index in [2.05, 4.69) is 43.5 Å². The lowest BCUT2D eigenvalue weighted by Gasteiger charge is -2.10. The van der Waals surface area contributed by atoms with Gasteiger partial charge in [0.1, 0.15) is 22.4 Å². The Labute approximate surface area is 117 Å². The predicted molar refractivity (Wildman–Crippen MR) is 78.1 cm³/mol. The van der Waals surface area contributed by atoms with Crippen molar-refractivity contribution in [3.05, 3.63) is 10.8 Å². The summed E-state index contributed by atoms with van der Waals surface area (Å²) in [7, 11) is 0. The minimum Gasteiger partial charge on any atom is -0.381 e. The molecule has 0 unspecified atom stereocenters. The fraction of sp³-hybridized carbons (Fsp3) is 0.667. The lowest BCUT2D eigenvalue weighted by molar-refractivity contribution is 0.134. The van der Waals surface area contributed by atoms with Gasteiger partial charge in [-0.05, 0) is 35.7 Å². The molecule has 0 fully saturated rings. The average Bonchev–Trinajstić information content (AvgIpc) is 2.38. The predicted octanol–water partition coefficient (Wildman–Crippen LogP) is 2.90. The zero-order valence-electron chi connectivity index (χ0n) is 11.0. The van der Waals surface area contributed by atoms with E-state index in [1.165, 1.54) is 0 Å². The standard InChI is InChI=1S/C12H21BrN4O/c1-3-7-18-8-5-6-15-12-10(13)11(14-4-2)16-9-17-12/h9H,3-8H2,1-2H3,(H2,14,15,16,17). The maximum absolute atomic E-state index is 5.42. The van der Waals surface area contributed by atoms with Crippen LogP contribution >= 0.6 is 15.9 Å². The summed E-state index contributed by atoms with van der Waals surface area (Å²) in [5.74, 6) is 1.63. The van der Waals surface area contributed by atoms with Crippen molar-refractivity contribution in [2.24, 2.45) is 0 Å². The Hall–Kier alpha value is -0.880. The van der Waals surface area contributed by atoms with Crippen LogP contribution in [-0.2, 0) is 4.74 Å². The van der Waals surface area contributed by atoms with Crippen molar-refractivity contribution < 1.29 is 4.74 Å². The fourth-order valence-electron chi connectivity index (χ4n) is 1.41. The summed E-state index contributed by atoms with van der Waals surface area (Å²) < 4.78 is 6.29. The molecule has 0 bridgehead atoms. The highest BCUT2D eigenvalue weighted by molar-refractivity contribution is 9.10. The van der Waals surface area contributed by atoms with Crippen LogP contribution in [-0.4, -0.2) is 36.3 Å². The Morgan fingerprint density at radius 1 is 1.17 bits per heavy atom. The molecule has 0 aliphatic heterocycles. The van der Waals surface area contributed by atoms with E-state index in [9.17, 15) is 0 Å². The average molecular weight is 317 g/mol. The monoisotopic (exact) mass is 316 g/mol. The molecule has 1 rings (SSSR count). The number of hydrogen-bond acceptors (Lipinski definition) is 5. The van der Waals surface area contributed by atoms with E-state index in [1.807, 2.05) is 6.92 Å². The molecular formula is C12H21BrN4O. The van der Waals surface area contributed by atoms with Crippen LogP contribution in [0.5, 0.6) is 0 Å². The van der Waals surface area contributed by atoms with Crippen LogP contribution in [0.25, 0.3) is 0 Å². The summed E-state index contributed by atoms with van der Waals surface area (Å²) in [6.45, 7) is 7.43. The zero-order valence-corrected chi connectivity index (χ0v) is 12.6. The number of halogens is 1. The van der Waals surface area contributed by atoms with Crippen molar-refractivity contribution in [2.75, 3.05) is 36.9 Å². The van der Waals surface area contributed by atoms with Crippen molar-refractivity contribution >= 4 is 27.6 Å². The van der Waals surface area contributed by atoms with Crippen LogP contribution in [0, 0.1) is 0 Å². The molecule has 0 aliphatic carbocycles. The summed E-state index contributed by atoms with van der Waals surface area (Å²) in [6.07, 6.45) is 3.59. The van der Waals surface area contributed by atoms with Gasteiger partial charge in [-0.1, -0.05) is 6.92 Å². The fourth-order valence-corrected chi connectivity index (χ4v) is 1.90. The first kappa shape index (κ1) is 15.2. The van der Waals surface area contributed by atoms with Gasteiger partial charge in [0.2, 0.25) is 0 Å². The van der Waals surface area contributed by atoms with Gasteiger partial charge < -0.3 is 15.4 Å². The van der Waals surface area contributed by atoms with Crippen LogP contribution in [0.1, 0.15) is 26.7 Å². The van der Waals surface area contributed by atoms with Gasteiger partial charge in [-0.25, -0.2) is 9.97 Å². The molecule has 1 heterocycles. The molecule has 0 spiro atoms. The molecule has 0 saturated heterocycles. The Bertz CT molecular complexity index is 349. The van der Waals surface area contributed by atoms with E-state index in [0.717, 1.165) is 55.3 Å². The van der Waals surface area contributed by atoms with E-state index in [1.54, 1.807) is 6.33 Å². The normalized spacial score (nSPS) is 10.4. The number of nitrogens with zero attached hydrogens (tertiary/aromatic N) is 2. The van der Waals surface area contributed by atoms with E-state index in [-0.39, 0.29) is 0 Å². The second kappa shape index (κ2) is 9.10. The molecule has 0 radical (unpaired) electrons. The minimum absolute atomic E-state index is 0.781. The molecule has 0 aromatic carbocycles. The third-order valence-electron chi connectivity index (χ3n) is 2.24. The highest BCUT2D eigenvalue weighted by Gasteiger charge is 2.06. The highest BCUT2D eigenvalue weighted by atomic mass is 79.9. The molecule has 0 saturated carbocycles. The number of rotatable bonds is 9. The second-order valence-electron chi connectivity index (χ2n) is 3.81. The van der Waals surface area contributed by atoms with E-state index in [4.69, 9.17) is 4.74 Å². The molecule has 18 heavy (non-hydrogen) atoms. The number of aromatic nitrogens is 2. The first-order valence-electron chi connectivity index (χ1n) is 6.35. The van der Waals surface area contributed by atoms with Crippen molar-refractivity contribution in [1.29, 1.82) is 0 Å². The Morgan fingerprint density at radius 2 is 1.89 bits per heavy atom. The summed E-state index contributed by atoms with van der Waals surface area (Å²) in [6, 6.07) is 0. The number of anilines is 2. The molecule has 2 N–H and O–H groups in total. The van der Waals surface area contributed by atoms with Crippen LogP contribution in [0.4, 0.5) is 11.6 Å². The molecule has 0 atom stereocenters. The largest absolute Gasteiger partial charge is 0.381 e. The first-order valence-corrected chi connectivity index (χ1v) is 7.14. The molecule has 1 aromatic rings. The van der Waals surface area contributed by atoms with Gasteiger partial charge in [0.25, 0.3) is 0 Å². The molecule has 1 aromatic heterocycles. The SMILES string of the molecule is CCCOCCCNc1ncnc(NCC)c1Br. The van der Waals surface area contributed by atoms with Crippen molar-refractivity contribution in [1.82, 2.24) is 9.97 Å². The van der Waals surface area contributed by atoms with E-state index >= 15 is 0 Å². The Morgan fingerprint density at radius 3 is 2.56 bits per heavy atom. The third-order valence-corrected chi connectivity index (χ3v) is 2.99. The van der Waals surface area contributed by atoms with Gasteiger partial charge in [0.05, 0.1) is 0 Å². The molecule has 5 nitrogen and oxygen atoms in total. The summed E-state index contributed by atoms with van der Waals surface area (Å²) in [5.41, 5.74) is 0. The summed E-state index contributed by atoms with van der Waals surface area (Å²) >= 11 is 3.50. The zero-order chi connectivity index (χ0) is 13.2. The van der Waals surface area contributed by atoms with Crippen molar-refractivity contribution in [2.45, 2.75) is 26.7 Å². The van der Waals surface area contributed by atoms with E-state index < -0.39 is 0 Å². The van der Waals surface area contributed by atoms with Gasteiger partial charge >= 0.3 is 0 Å². The van der Waals surface area contributed by atoms with Crippen LogP contribution < -0.4 is 10.6 Å². The van der Waals surface area contributed by atoms with Crippen LogP contribution in [0.3, 0.4) is 0 Å². The Kier molecular flexibility index (Phi) is 7.68. The minimum atomic E-state index is 0.781. The summed E-state index contributed by atoms with van der Waals surface area (Å²) in [5, 5.41) is 6.44. The number of nitrogens with one attached hydrogen (secondary N) is 2. The van der Waals surface area contributed by atoms with Crippen LogP contribution in [0.15, 0.2) is 10.8 Å². The second-order valence-corrected chi connectivity index (χ2v) is 4.60.